The van der Waals surface area contributed by atoms with E-state index in [1.807, 2.05) is 54.6 Å². The van der Waals surface area contributed by atoms with Crippen molar-refractivity contribution in [2.24, 2.45) is 0 Å². The van der Waals surface area contributed by atoms with Crippen molar-refractivity contribution in [1.82, 2.24) is 9.55 Å². The van der Waals surface area contributed by atoms with Crippen molar-refractivity contribution in [3.8, 4) is 0 Å². The van der Waals surface area contributed by atoms with E-state index < -0.39 is 55.7 Å². The van der Waals surface area contributed by atoms with E-state index >= 15 is 0 Å². The summed E-state index contributed by atoms with van der Waals surface area (Å²) >= 11 is 0. The highest BCUT2D eigenvalue weighted by atomic mass is 31.2. The lowest BCUT2D eigenvalue weighted by atomic mass is 10.2. The van der Waals surface area contributed by atoms with Gasteiger partial charge in [-0.3, -0.25) is 9.36 Å². The fourth-order valence-corrected chi connectivity index (χ4v) is 9.30. The van der Waals surface area contributed by atoms with Gasteiger partial charge in [-0.25, -0.2) is 9.59 Å². The van der Waals surface area contributed by atoms with E-state index in [1.54, 1.807) is 0 Å². The van der Waals surface area contributed by atoms with E-state index in [4.69, 9.17) is 35.0 Å². The van der Waals surface area contributed by atoms with Gasteiger partial charge in [-0.2, -0.15) is 31.3 Å². The second-order valence-corrected chi connectivity index (χ2v) is 14.7. The van der Waals surface area contributed by atoms with Gasteiger partial charge in [-0.05, 0) is 42.5 Å². The van der Waals surface area contributed by atoms with Crippen LogP contribution in [0.3, 0.4) is 0 Å². The lowest BCUT2D eigenvalue weighted by Crippen LogP contribution is -2.37. The summed E-state index contributed by atoms with van der Waals surface area (Å²) in [5.41, 5.74) is 5.00. The van der Waals surface area contributed by atoms with Crippen LogP contribution in [-0.4, -0.2) is 75.0 Å². The molecule has 0 spiro atoms. The first kappa shape index (κ1) is 42.1. The molecule has 19 heteroatoms. The SMILES string of the molecule is Nc1ccn([C@H]2C[C@H](O)[C@@H](COC(=O)CC[P+](c3ccccc3)(c3ccccc3)c3ccccc3)O2)c(=O)n1.O=C(O)C(F)(F)F.O=C([O-])C(F)(F)F. The molecule has 0 bridgehead atoms. The second-order valence-electron chi connectivity index (χ2n) is 11.0. The maximum Gasteiger partial charge on any atom is 0.490 e. The predicted octanol–water partition coefficient (Wildman–Crippen LogP) is 2.33. The summed E-state index contributed by atoms with van der Waals surface area (Å²) in [7, 11) is -2.16. The van der Waals surface area contributed by atoms with Crippen LogP contribution < -0.4 is 32.4 Å². The Bertz CT molecular complexity index is 1740. The van der Waals surface area contributed by atoms with Crippen LogP contribution in [0.25, 0.3) is 0 Å². The maximum absolute atomic E-state index is 13.1. The number of ether oxygens (including phenoxy) is 2. The van der Waals surface area contributed by atoms with Gasteiger partial charge in [0.25, 0.3) is 0 Å². The fourth-order valence-electron chi connectivity index (χ4n) is 5.07. The average Bonchev–Trinajstić information content (AvgIpc) is 3.48. The van der Waals surface area contributed by atoms with Crippen LogP contribution in [0, 0.1) is 0 Å². The van der Waals surface area contributed by atoms with E-state index in [2.05, 4.69) is 41.4 Å². The highest BCUT2D eigenvalue weighted by Crippen LogP contribution is 2.55. The number of carbonyl (C=O) groups is 3. The van der Waals surface area contributed by atoms with Crippen LogP contribution in [0.1, 0.15) is 19.1 Å². The molecule has 0 saturated carbocycles. The zero-order valence-corrected chi connectivity index (χ0v) is 28.2. The van der Waals surface area contributed by atoms with Crippen molar-refractivity contribution in [2.45, 2.75) is 43.6 Å². The molecule has 3 atom stereocenters. The topological polar surface area (TPSA) is 194 Å². The number of hydrogen-bond donors (Lipinski definition) is 3. The molecule has 1 aliphatic rings. The lowest BCUT2D eigenvalue weighted by Gasteiger charge is -2.27. The Morgan fingerprint density at radius 3 is 1.68 bits per heavy atom. The monoisotopic (exact) mass is 771 g/mol. The molecular weight excluding hydrogens is 739 g/mol. The molecule has 1 fully saturated rings. The first-order valence-corrected chi connectivity index (χ1v) is 17.3. The number of rotatable bonds is 9. The Hall–Kier alpha value is -5.32. The summed E-state index contributed by atoms with van der Waals surface area (Å²) in [6.45, 7) is -0.110. The van der Waals surface area contributed by atoms with Crippen molar-refractivity contribution in [3.63, 3.8) is 0 Å². The Morgan fingerprint density at radius 2 is 1.30 bits per heavy atom. The van der Waals surface area contributed by atoms with Gasteiger partial charge < -0.3 is 35.3 Å². The molecule has 4 aromatic rings. The molecule has 1 aromatic heterocycles. The van der Waals surface area contributed by atoms with Crippen LogP contribution >= 0.6 is 7.26 Å². The molecule has 1 aliphatic heterocycles. The summed E-state index contributed by atoms with van der Waals surface area (Å²) in [4.78, 5) is 46.6. The molecule has 0 amide bonds. The fraction of sp³-hybridized carbons (Fsp3) is 0.265. The lowest BCUT2D eigenvalue weighted by molar-refractivity contribution is -0.344. The van der Waals surface area contributed by atoms with Crippen LogP contribution in [0.2, 0.25) is 0 Å². The molecule has 0 aliphatic carbocycles. The summed E-state index contributed by atoms with van der Waals surface area (Å²) in [6.07, 6.45) is -10.2. The molecule has 0 unspecified atom stereocenters. The highest BCUT2D eigenvalue weighted by Gasteiger charge is 2.45. The molecule has 4 N–H and O–H groups in total. The molecule has 53 heavy (non-hydrogen) atoms. The van der Waals surface area contributed by atoms with Gasteiger partial charge in [0.2, 0.25) is 0 Å². The third-order valence-electron chi connectivity index (χ3n) is 7.49. The van der Waals surface area contributed by atoms with Gasteiger partial charge in [0.05, 0.1) is 18.7 Å². The van der Waals surface area contributed by atoms with Gasteiger partial charge in [0.15, 0.2) is 0 Å². The number of hydrogen-bond acceptors (Lipinski definition) is 10. The van der Waals surface area contributed by atoms with E-state index in [0.29, 0.717) is 6.16 Å². The van der Waals surface area contributed by atoms with E-state index in [1.165, 1.54) is 32.7 Å². The number of aliphatic carboxylic acids is 2. The Morgan fingerprint density at radius 1 is 0.868 bits per heavy atom. The van der Waals surface area contributed by atoms with Gasteiger partial charge in [0.1, 0.15) is 53.9 Å². The summed E-state index contributed by atoms with van der Waals surface area (Å²) in [5.74, 6) is -6.02. The number of halogens is 6. The van der Waals surface area contributed by atoms with E-state index in [-0.39, 0.29) is 31.2 Å². The Balaban J connectivity index is 0.000000458. The summed E-state index contributed by atoms with van der Waals surface area (Å²) in [5, 5.41) is 30.0. The first-order valence-electron chi connectivity index (χ1n) is 15.3. The first-order chi connectivity index (χ1) is 24.9. The van der Waals surface area contributed by atoms with E-state index in [9.17, 15) is 41.0 Å². The number of aromatic nitrogens is 2. The number of nitrogen functional groups attached to an aromatic ring is 1. The van der Waals surface area contributed by atoms with Gasteiger partial charge in [0, 0.05) is 12.6 Å². The molecule has 12 nitrogen and oxygen atoms in total. The minimum Gasteiger partial charge on any atom is -0.542 e. The summed E-state index contributed by atoms with van der Waals surface area (Å²) in [6, 6.07) is 32.5. The number of nitrogens with zero attached hydrogens (tertiary/aromatic N) is 2. The van der Waals surface area contributed by atoms with Crippen molar-refractivity contribution in [2.75, 3.05) is 18.5 Å². The normalized spacial score (nSPS) is 17.0. The number of anilines is 1. The average molecular weight is 772 g/mol. The van der Waals surface area contributed by atoms with Gasteiger partial charge in [-0.1, -0.05) is 54.6 Å². The van der Waals surface area contributed by atoms with Crippen molar-refractivity contribution >= 4 is 46.9 Å². The Labute approximate surface area is 297 Å². The zero-order valence-electron chi connectivity index (χ0n) is 27.3. The Kier molecular flexibility index (Phi) is 14.6. The minimum atomic E-state index is -5.19. The third kappa shape index (κ3) is 11.8. The molecule has 1 saturated heterocycles. The van der Waals surface area contributed by atoms with Gasteiger partial charge in [-0.15, -0.1) is 0 Å². The van der Waals surface area contributed by atoms with Crippen molar-refractivity contribution < 1.29 is 65.5 Å². The predicted molar refractivity (Wildman–Crippen MR) is 178 cm³/mol. The maximum atomic E-state index is 13.1. The molecule has 3 aromatic carbocycles. The van der Waals surface area contributed by atoms with Crippen LogP contribution in [-0.2, 0) is 23.9 Å². The summed E-state index contributed by atoms with van der Waals surface area (Å²) < 4.78 is 76.0. The standard InChI is InChI=1S/C30H30N3O5P.2C2HF3O2/c31-27-16-18-33(30(36)32-27)28-20-25(34)26(38-28)21-37-29(35)17-19-39(22-10-4-1-5-11-22,23-12-6-2-7-13-23)24-14-8-3-9-15-24;2*3-2(4,5)1(6)7/h1-16,18,25-26,28,34H,17,19-21H2,(H-,31,32,36);2*(H,6,7)/t25-,26+,28+;;/m0../s1. The van der Waals surface area contributed by atoms with Crippen LogP contribution in [0.5, 0.6) is 0 Å². The number of carbonyl (C=O) groups excluding carboxylic acids is 2. The zero-order chi connectivity index (χ0) is 39.4. The van der Waals surface area contributed by atoms with E-state index in [0.717, 1.165) is 0 Å². The number of aliphatic hydroxyl groups excluding tert-OH is 1. The molecule has 0 radical (unpaired) electrons. The van der Waals surface area contributed by atoms with Crippen molar-refractivity contribution in [3.05, 3.63) is 114 Å². The number of esters is 1. The molecule has 2 heterocycles. The number of benzene rings is 3. The molecular formula is C34H32F6N3O9P. The molecule has 5 rings (SSSR count). The number of carboxylic acid groups (broad SMARTS) is 2. The third-order valence-corrected chi connectivity index (χ3v) is 11.9. The number of alkyl halides is 6. The number of nitrogens with two attached hydrogens (primary N) is 1. The van der Waals surface area contributed by atoms with Crippen LogP contribution in [0.4, 0.5) is 32.2 Å². The smallest absolute Gasteiger partial charge is 0.490 e. The second kappa shape index (κ2) is 18.4. The highest BCUT2D eigenvalue weighted by molar-refractivity contribution is 7.95. The van der Waals surface area contributed by atoms with Gasteiger partial charge >= 0.3 is 30.0 Å². The molecule has 284 valence electrons. The largest absolute Gasteiger partial charge is 0.542 e. The van der Waals surface area contributed by atoms with Crippen LogP contribution in [0.15, 0.2) is 108 Å². The quantitative estimate of drug-likeness (QED) is 0.129. The number of carboxylic acids is 2. The minimum absolute atomic E-state index is 0.110. The number of aliphatic hydroxyl groups is 1. The van der Waals surface area contributed by atoms with Crippen molar-refractivity contribution in [1.29, 1.82) is 0 Å².